The van der Waals surface area contributed by atoms with E-state index >= 15 is 0 Å². The number of aliphatic hydroxyl groups excluding tert-OH is 1. The zero-order chi connectivity index (χ0) is 14.1. The third-order valence-electron chi connectivity index (χ3n) is 4.03. The van der Waals surface area contributed by atoms with Crippen LogP contribution in [0.1, 0.15) is 29.7 Å². The van der Waals surface area contributed by atoms with Gasteiger partial charge in [-0.3, -0.25) is 14.5 Å². The highest BCUT2D eigenvalue weighted by atomic mass is 32.1. The molecule has 3 rings (SSSR count). The minimum absolute atomic E-state index is 0.0213. The normalized spacial score (nSPS) is 24.8. The molecule has 2 atom stereocenters. The lowest BCUT2D eigenvalue weighted by atomic mass is 10.00. The first kappa shape index (κ1) is 13.3. The summed E-state index contributed by atoms with van der Waals surface area (Å²) in [5.74, 6) is 5.24. The number of thiophene rings is 1. The van der Waals surface area contributed by atoms with Crippen molar-refractivity contribution in [2.75, 3.05) is 6.61 Å². The molecule has 104 valence electrons. The maximum atomic E-state index is 12.3. The van der Waals surface area contributed by atoms with Crippen molar-refractivity contribution in [2.45, 2.75) is 25.8 Å². The fourth-order valence-electron chi connectivity index (χ4n) is 3.07. The SMILES string of the molecule is O=C1C2CCCC2C(=O)N1Cc1sccc1C#CCO. The van der Waals surface area contributed by atoms with Crippen molar-refractivity contribution in [3.8, 4) is 11.8 Å². The lowest BCUT2D eigenvalue weighted by Gasteiger charge is -2.15. The number of rotatable bonds is 2. The van der Waals surface area contributed by atoms with Crippen molar-refractivity contribution in [1.29, 1.82) is 0 Å². The lowest BCUT2D eigenvalue weighted by molar-refractivity contribution is -0.140. The Kier molecular flexibility index (Phi) is 3.60. The van der Waals surface area contributed by atoms with Gasteiger partial charge in [-0.15, -0.1) is 11.3 Å². The van der Waals surface area contributed by atoms with Crippen molar-refractivity contribution >= 4 is 23.2 Å². The van der Waals surface area contributed by atoms with Gasteiger partial charge in [0, 0.05) is 10.4 Å². The Hall–Kier alpha value is -1.64. The summed E-state index contributed by atoms with van der Waals surface area (Å²) in [6.07, 6.45) is 2.66. The maximum Gasteiger partial charge on any atom is 0.233 e. The van der Waals surface area contributed by atoms with E-state index in [0.717, 1.165) is 29.7 Å². The predicted octanol–water partition coefficient (Wildman–Crippen LogP) is 1.38. The first-order chi connectivity index (χ1) is 9.72. The largest absolute Gasteiger partial charge is 0.384 e. The molecule has 2 amide bonds. The van der Waals surface area contributed by atoms with Gasteiger partial charge in [0.2, 0.25) is 11.8 Å². The molecule has 0 radical (unpaired) electrons. The number of aliphatic hydroxyl groups is 1. The van der Waals surface area contributed by atoms with E-state index in [2.05, 4.69) is 11.8 Å². The molecule has 0 spiro atoms. The first-order valence-electron chi connectivity index (χ1n) is 6.73. The number of nitrogens with zero attached hydrogens (tertiary/aromatic N) is 1. The van der Waals surface area contributed by atoms with E-state index in [1.165, 1.54) is 16.2 Å². The van der Waals surface area contributed by atoms with E-state index < -0.39 is 0 Å². The number of amides is 2. The molecule has 1 aliphatic carbocycles. The average Bonchev–Trinajstić information content (AvgIpc) is 3.13. The Morgan fingerprint density at radius 2 is 2.00 bits per heavy atom. The third kappa shape index (κ3) is 2.15. The molecule has 1 aromatic heterocycles. The maximum absolute atomic E-state index is 12.3. The smallest absolute Gasteiger partial charge is 0.233 e. The molecule has 5 heteroatoms. The molecule has 1 saturated heterocycles. The fraction of sp³-hybridized carbons (Fsp3) is 0.467. The number of carbonyl (C=O) groups is 2. The van der Waals surface area contributed by atoms with E-state index in [1.54, 1.807) is 0 Å². The van der Waals surface area contributed by atoms with E-state index in [4.69, 9.17) is 5.11 Å². The summed E-state index contributed by atoms with van der Waals surface area (Å²) in [5, 5.41) is 10.6. The minimum Gasteiger partial charge on any atom is -0.384 e. The van der Waals surface area contributed by atoms with Crippen LogP contribution < -0.4 is 0 Å². The highest BCUT2D eigenvalue weighted by Gasteiger charge is 2.49. The summed E-state index contributed by atoms with van der Waals surface area (Å²) in [5.41, 5.74) is 0.793. The molecule has 0 aromatic carbocycles. The van der Waals surface area contributed by atoms with Gasteiger partial charge in [-0.05, 0) is 24.3 Å². The van der Waals surface area contributed by atoms with Crippen LogP contribution in [0.4, 0.5) is 0 Å². The molecule has 2 unspecified atom stereocenters. The van der Waals surface area contributed by atoms with Gasteiger partial charge in [-0.2, -0.15) is 0 Å². The molecule has 2 aliphatic rings. The van der Waals surface area contributed by atoms with E-state index in [-0.39, 0.29) is 30.3 Å². The van der Waals surface area contributed by atoms with Gasteiger partial charge in [0.15, 0.2) is 0 Å². The predicted molar refractivity (Wildman–Crippen MR) is 74.7 cm³/mol. The van der Waals surface area contributed by atoms with Crippen molar-refractivity contribution in [2.24, 2.45) is 11.8 Å². The molecular weight excluding hydrogens is 274 g/mol. The number of fused-ring (bicyclic) bond motifs is 1. The van der Waals surface area contributed by atoms with Gasteiger partial charge < -0.3 is 5.11 Å². The highest BCUT2D eigenvalue weighted by molar-refractivity contribution is 7.10. The summed E-state index contributed by atoms with van der Waals surface area (Å²) in [6.45, 7) is 0.124. The Morgan fingerprint density at radius 3 is 2.65 bits per heavy atom. The zero-order valence-electron chi connectivity index (χ0n) is 11.0. The Bertz CT molecular complexity index is 588. The van der Waals surface area contributed by atoms with Gasteiger partial charge >= 0.3 is 0 Å². The molecule has 2 fully saturated rings. The zero-order valence-corrected chi connectivity index (χ0v) is 11.8. The van der Waals surface area contributed by atoms with Crippen LogP contribution in [0.3, 0.4) is 0 Å². The monoisotopic (exact) mass is 289 g/mol. The minimum atomic E-state index is -0.193. The lowest BCUT2D eigenvalue weighted by Crippen LogP contribution is -2.31. The Balaban J connectivity index is 1.80. The van der Waals surface area contributed by atoms with Crippen LogP contribution in [-0.2, 0) is 16.1 Å². The number of likely N-dealkylation sites (tertiary alicyclic amines) is 1. The van der Waals surface area contributed by atoms with E-state index in [1.807, 2.05) is 11.4 Å². The summed E-state index contributed by atoms with van der Waals surface area (Å²) in [7, 11) is 0. The molecule has 1 aromatic rings. The molecule has 1 N–H and O–H groups in total. The first-order valence-corrected chi connectivity index (χ1v) is 7.61. The molecule has 0 bridgehead atoms. The molecule has 2 heterocycles. The van der Waals surface area contributed by atoms with Crippen molar-refractivity contribution in [3.05, 3.63) is 21.9 Å². The molecule has 20 heavy (non-hydrogen) atoms. The summed E-state index contributed by atoms with van der Waals surface area (Å²) < 4.78 is 0. The summed E-state index contributed by atoms with van der Waals surface area (Å²) >= 11 is 1.49. The van der Waals surface area contributed by atoms with Gasteiger partial charge in [0.05, 0.1) is 18.4 Å². The van der Waals surface area contributed by atoms with Crippen LogP contribution in [0.2, 0.25) is 0 Å². The van der Waals surface area contributed by atoms with Gasteiger partial charge in [0.25, 0.3) is 0 Å². The topological polar surface area (TPSA) is 57.6 Å². The van der Waals surface area contributed by atoms with Crippen molar-refractivity contribution in [1.82, 2.24) is 4.90 Å². The molecule has 1 aliphatic heterocycles. The van der Waals surface area contributed by atoms with E-state index in [9.17, 15) is 9.59 Å². The van der Waals surface area contributed by atoms with E-state index in [0.29, 0.717) is 6.54 Å². The second-order valence-corrected chi connectivity index (χ2v) is 6.12. The standard InChI is InChI=1S/C15H15NO3S/c17-7-2-3-10-6-8-20-13(10)9-16-14(18)11-4-1-5-12(11)15(16)19/h6,8,11-12,17H,1,4-5,7,9H2. The van der Waals surface area contributed by atoms with Gasteiger partial charge in [0.1, 0.15) is 6.61 Å². The van der Waals surface area contributed by atoms with Crippen LogP contribution in [0, 0.1) is 23.7 Å². The quantitative estimate of drug-likeness (QED) is 0.661. The average molecular weight is 289 g/mol. The molecule has 1 saturated carbocycles. The van der Waals surface area contributed by atoms with Gasteiger partial charge in [-0.1, -0.05) is 18.3 Å². The second kappa shape index (κ2) is 5.39. The highest BCUT2D eigenvalue weighted by Crippen LogP contribution is 2.40. The van der Waals surface area contributed by atoms with Crippen molar-refractivity contribution in [3.63, 3.8) is 0 Å². The summed E-state index contributed by atoms with van der Waals surface area (Å²) in [6, 6.07) is 1.86. The van der Waals surface area contributed by atoms with Crippen molar-refractivity contribution < 1.29 is 14.7 Å². The van der Waals surface area contributed by atoms with Gasteiger partial charge in [-0.25, -0.2) is 0 Å². The van der Waals surface area contributed by atoms with Crippen LogP contribution in [0.5, 0.6) is 0 Å². The second-order valence-electron chi connectivity index (χ2n) is 5.12. The molecular formula is C15H15NO3S. The fourth-order valence-corrected chi connectivity index (χ4v) is 3.89. The van der Waals surface area contributed by atoms with Crippen LogP contribution in [0.15, 0.2) is 11.4 Å². The Labute approximate surface area is 121 Å². The Morgan fingerprint density at radius 1 is 1.30 bits per heavy atom. The third-order valence-corrected chi connectivity index (χ3v) is 4.94. The van der Waals surface area contributed by atoms with Crippen LogP contribution in [0.25, 0.3) is 0 Å². The number of imide groups is 1. The molecule has 4 nitrogen and oxygen atoms in total. The van der Waals surface area contributed by atoms with Crippen LogP contribution in [-0.4, -0.2) is 28.4 Å². The number of hydrogen-bond donors (Lipinski definition) is 1. The number of carbonyl (C=O) groups excluding carboxylic acids is 2. The summed E-state index contributed by atoms with van der Waals surface area (Å²) in [4.78, 5) is 26.9. The van der Waals surface area contributed by atoms with Crippen LogP contribution >= 0.6 is 11.3 Å². The number of hydrogen-bond acceptors (Lipinski definition) is 4.